The molecule has 39 heavy (non-hydrogen) atoms. The van der Waals surface area contributed by atoms with Gasteiger partial charge in [-0.25, -0.2) is 9.97 Å². The zero-order valence-electron chi connectivity index (χ0n) is 21.7. The lowest BCUT2D eigenvalue weighted by atomic mass is 10.1. The molecule has 8 nitrogen and oxygen atoms in total. The fourth-order valence-corrected chi connectivity index (χ4v) is 4.92. The fraction of sp³-hybridized carbons (Fsp3) is 0.321. The first kappa shape index (κ1) is 26.8. The van der Waals surface area contributed by atoms with Gasteiger partial charge in [-0.2, -0.15) is 8.78 Å². The minimum absolute atomic E-state index is 0.00669. The van der Waals surface area contributed by atoms with Crippen LogP contribution in [-0.4, -0.2) is 36.2 Å². The summed E-state index contributed by atoms with van der Waals surface area (Å²) in [6, 6.07) is 8.47. The van der Waals surface area contributed by atoms with Crippen molar-refractivity contribution < 1.29 is 18.6 Å². The lowest BCUT2D eigenvalue weighted by molar-refractivity contribution is -0.0500. The van der Waals surface area contributed by atoms with Gasteiger partial charge in [0.1, 0.15) is 16.4 Å². The van der Waals surface area contributed by atoms with Gasteiger partial charge in [0.2, 0.25) is 0 Å². The minimum Gasteiger partial charge on any atom is -0.433 e. The molecule has 202 valence electrons. The van der Waals surface area contributed by atoms with E-state index < -0.39 is 12.2 Å². The molecule has 0 unspecified atom stereocenters. The van der Waals surface area contributed by atoms with E-state index in [9.17, 15) is 18.7 Å². The Morgan fingerprint density at radius 1 is 1.08 bits per heavy atom. The Kier molecular flexibility index (Phi) is 6.94. The number of aliphatic hydroxyl groups is 1. The van der Waals surface area contributed by atoms with Crippen molar-refractivity contribution >= 4 is 11.6 Å². The van der Waals surface area contributed by atoms with Crippen LogP contribution in [0.1, 0.15) is 60.4 Å². The third kappa shape index (κ3) is 5.39. The topological polar surface area (TPSA) is 103 Å². The first-order valence-corrected chi connectivity index (χ1v) is 12.7. The van der Waals surface area contributed by atoms with Gasteiger partial charge in [0.15, 0.2) is 5.82 Å². The number of pyridine rings is 3. The molecule has 4 heterocycles. The number of ether oxygens (including phenoxy) is 1. The summed E-state index contributed by atoms with van der Waals surface area (Å²) in [4.78, 5) is 30.9. The highest BCUT2D eigenvalue weighted by Crippen LogP contribution is 2.55. The number of hydrogen-bond acceptors (Lipinski definition) is 7. The van der Waals surface area contributed by atoms with Gasteiger partial charge in [-0.15, -0.1) is 0 Å². The van der Waals surface area contributed by atoms with Gasteiger partial charge in [0, 0.05) is 29.7 Å². The van der Waals surface area contributed by atoms with Gasteiger partial charge >= 0.3 is 6.61 Å². The van der Waals surface area contributed by atoms with Crippen LogP contribution in [0.5, 0.6) is 5.75 Å². The second-order valence-corrected chi connectivity index (χ2v) is 10.5. The summed E-state index contributed by atoms with van der Waals surface area (Å²) in [5.74, 6) is 0.264. The molecule has 0 bridgehead atoms. The molecule has 0 amide bonds. The van der Waals surface area contributed by atoms with Crippen molar-refractivity contribution in [1.29, 1.82) is 0 Å². The second kappa shape index (κ2) is 10.1. The molecule has 1 saturated carbocycles. The molecule has 0 aromatic carbocycles. The molecule has 0 saturated heterocycles. The lowest BCUT2D eigenvalue weighted by Crippen LogP contribution is -2.23. The van der Waals surface area contributed by atoms with Crippen molar-refractivity contribution in [2.24, 2.45) is 0 Å². The standard InChI is InChI=1S/C28H26ClF2N5O3/c1-14-12-33-22(21-7-8-32-26(35-21)28(3,4)38)11-23(14)36-15(2)9-19(24(29)25(36)37)17-10-18(17)20-6-5-16(13-34-20)39-27(30)31/h5-9,11-13,17-18,27,38H,10H2,1-4H3/t17-,18-/m0/s1. The second-order valence-electron chi connectivity index (χ2n) is 10.1. The van der Waals surface area contributed by atoms with Gasteiger partial charge < -0.3 is 9.84 Å². The van der Waals surface area contributed by atoms with E-state index in [4.69, 9.17) is 11.6 Å². The van der Waals surface area contributed by atoms with E-state index in [0.717, 1.165) is 23.2 Å². The molecular formula is C28H26ClF2N5O3. The van der Waals surface area contributed by atoms with E-state index in [1.165, 1.54) is 12.3 Å². The summed E-state index contributed by atoms with van der Waals surface area (Å²) in [5, 5.41) is 10.4. The average molecular weight is 554 g/mol. The number of aryl methyl sites for hydroxylation is 2. The summed E-state index contributed by atoms with van der Waals surface area (Å²) in [5.41, 5.74) is 2.98. The summed E-state index contributed by atoms with van der Waals surface area (Å²) in [6.45, 7) is 3.98. The molecular weight excluding hydrogens is 528 g/mol. The molecule has 1 aliphatic rings. The van der Waals surface area contributed by atoms with Crippen LogP contribution in [0.4, 0.5) is 8.78 Å². The quantitative estimate of drug-likeness (QED) is 0.324. The van der Waals surface area contributed by atoms with Gasteiger partial charge in [-0.3, -0.25) is 19.3 Å². The third-order valence-corrected chi connectivity index (χ3v) is 7.08. The Morgan fingerprint density at radius 2 is 1.85 bits per heavy atom. The number of aromatic nitrogens is 5. The molecule has 2 atom stereocenters. The zero-order chi connectivity index (χ0) is 28.1. The molecule has 0 aliphatic heterocycles. The van der Waals surface area contributed by atoms with Crippen LogP contribution in [0, 0.1) is 13.8 Å². The van der Waals surface area contributed by atoms with E-state index in [-0.39, 0.29) is 34.0 Å². The monoisotopic (exact) mass is 553 g/mol. The Hall–Kier alpha value is -3.76. The van der Waals surface area contributed by atoms with Crippen molar-refractivity contribution in [1.82, 2.24) is 24.5 Å². The highest BCUT2D eigenvalue weighted by molar-refractivity contribution is 6.31. The maximum absolute atomic E-state index is 13.6. The van der Waals surface area contributed by atoms with Crippen LogP contribution in [0.15, 0.2) is 53.7 Å². The van der Waals surface area contributed by atoms with E-state index in [0.29, 0.717) is 22.8 Å². The van der Waals surface area contributed by atoms with E-state index in [1.54, 1.807) is 49.0 Å². The van der Waals surface area contributed by atoms with Crippen molar-refractivity contribution in [3.05, 3.63) is 92.6 Å². The summed E-state index contributed by atoms with van der Waals surface area (Å²) in [7, 11) is 0. The highest BCUT2D eigenvalue weighted by atomic mass is 35.5. The Morgan fingerprint density at radius 3 is 2.51 bits per heavy atom. The number of halogens is 3. The predicted molar refractivity (Wildman–Crippen MR) is 142 cm³/mol. The molecule has 1 aliphatic carbocycles. The number of nitrogens with zero attached hydrogens (tertiary/aromatic N) is 5. The number of alkyl halides is 2. The van der Waals surface area contributed by atoms with Crippen LogP contribution in [0.25, 0.3) is 17.1 Å². The van der Waals surface area contributed by atoms with E-state index >= 15 is 0 Å². The van der Waals surface area contributed by atoms with Crippen LogP contribution in [0.3, 0.4) is 0 Å². The van der Waals surface area contributed by atoms with E-state index in [1.807, 2.05) is 19.9 Å². The fourth-order valence-electron chi connectivity index (χ4n) is 4.64. The van der Waals surface area contributed by atoms with Crippen LogP contribution in [0.2, 0.25) is 5.02 Å². The largest absolute Gasteiger partial charge is 0.433 e. The van der Waals surface area contributed by atoms with Crippen molar-refractivity contribution in [3.63, 3.8) is 0 Å². The smallest absolute Gasteiger partial charge is 0.387 e. The first-order chi connectivity index (χ1) is 18.4. The number of hydrogen-bond donors (Lipinski definition) is 1. The molecule has 0 radical (unpaired) electrons. The van der Waals surface area contributed by atoms with Crippen molar-refractivity contribution in [2.45, 2.75) is 58.2 Å². The summed E-state index contributed by atoms with van der Waals surface area (Å²) < 4.78 is 30.8. The Balaban J connectivity index is 1.47. The Bertz CT molecular complexity index is 1600. The average Bonchev–Trinajstić information content (AvgIpc) is 3.68. The van der Waals surface area contributed by atoms with Gasteiger partial charge in [0.25, 0.3) is 5.56 Å². The molecule has 4 aromatic heterocycles. The lowest BCUT2D eigenvalue weighted by Gasteiger charge is -2.17. The van der Waals surface area contributed by atoms with Crippen LogP contribution in [-0.2, 0) is 5.60 Å². The van der Waals surface area contributed by atoms with Crippen molar-refractivity contribution in [3.8, 4) is 22.8 Å². The van der Waals surface area contributed by atoms with Gasteiger partial charge in [-0.05, 0) is 81.5 Å². The van der Waals surface area contributed by atoms with Gasteiger partial charge in [0.05, 0.1) is 23.3 Å². The number of rotatable bonds is 7. The molecule has 1 N–H and O–H groups in total. The maximum Gasteiger partial charge on any atom is 0.387 e. The Labute approximate surface area is 228 Å². The van der Waals surface area contributed by atoms with Crippen LogP contribution >= 0.6 is 11.6 Å². The first-order valence-electron chi connectivity index (χ1n) is 12.3. The molecule has 4 aromatic rings. The predicted octanol–water partition coefficient (Wildman–Crippen LogP) is 5.45. The molecule has 1 fully saturated rings. The molecule has 0 spiro atoms. The third-order valence-electron chi connectivity index (χ3n) is 6.70. The molecule has 11 heteroatoms. The maximum atomic E-state index is 13.6. The summed E-state index contributed by atoms with van der Waals surface area (Å²) >= 11 is 6.65. The summed E-state index contributed by atoms with van der Waals surface area (Å²) in [6.07, 6.45) is 5.22. The highest BCUT2D eigenvalue weighted by Gasteiger charge is 2.42. The normalized spacial score (nSPS) is 16.9. The zero-order valence-corrected chi connectivity index (χ0v) is 22.4. The SMILES string of the molecule is Cc1cnc(-c2ccnc(C(C)(C)O)n2)cc1-n1c(C)cc([C@H]2C[C@@H]2c2ccc(OC(F)F)cn2)c(Cl)c1=O. The minimum atomic E-state index is -2.91. The van der Waals surface area contributed by atoms with Crippen molar-refractivity contribution in [2.75, 3.05) is 0 Å². The van der Waals surface area contributed by atoms with Gasteiger partial charge in [-0.1, -0.05) is 11.6 Å². The molecule has 5 rings (SSSR count). The van der Waals surface area contributed by atoms with Crippen LogP contribution < -0.4 is 10.3 Å². The van der Waals surface area contributed by atoms with E-state index in [2.05, 4.69) is 24.7 Å².